The third-order valence-electron chi connectivity index (χ3n) is 5.30. The highest BCUT2D eigenvalue weighted by Gasteiger charge is 2.27. The lowest BCUT2D eigenvalue weighted by atomic mass is 9.87. The number of nitrogens with one attached hydrogen (secondary N) is 1. The van der Waals surface area contributed by atoms with Gasteiger partial charge in [-0.3, -0.25) is 10.1 Å². The molecule has 152 valence electrons. The average Bonchev–Trinajstić information content (AvgIpc) is 3.16. The smallest absolute Gasteiger partial charge is 0.214 e. The molecule has 0 saturated carbocycles. The Hall–Kier alpha value is -3.80. The van der Waals surface area contributed by atoms with E-state index in [0.717, 1.165) is 33.3 Å². The zero-order chi connectivity index (χ0) is 21.1. The van der Waals surface area contributed by atoms with Crippen LogP contribution in [-0.2, 0) is 0 Å². The second kappa shape index (κ2) is 8.29. The SMILES string of the molecule is COc1ccc(-c2[nH]c3ccccc3c2C(C[N+](=O)[O-])c2ccccc2)cc1OC. The summed E-state index contributed by atoms with van der Waals surface area (Å²) in [6.07, 6.45) is 0. The van der Waals surface area contributed by atoms with Crippen LogP contribution in [0.2, 0.25) is 0 Å². The Balaban J connectivity index is 1.98. The van der Waals surface area contributed by atoms with Gasteiger partial charge in [-0.15, -0.1) is 0 Å². The maximum absolute atomic E-state index is 11.6. The number of fused-ring (bicyclic) bond motifs is 1. The molecule has 1 heterocycles. The predicted molar refractivity (Wildman–Crippen MR) is 117 cm³/mol. The fourth-order valence-electron chi connectivity index (χ4n) is 3.94. The number of H-pyrrole nitrogens is 1. The van der Waals surface area contributed by atoms with Crippen LogP contribution in [0.3, 0.4) is 0 Å². The molecule has 0 spiro atoms. The van der Waals surface area contributed by atoms with Crippen molar-refractivity contribution < 1.29 is 14.4 Å². The van der Waals surface area contributed by atoms with E-state index < -0.39 is 5.92 Å². The summed E-state index contributed by atoms with van der Waals surface area (Å²) in [5.41, 5.74) is 4.46. The van der Waals surface area contributed by atoms with Crippen LogP contribution in [-0.4, -0.2) is 30.7 Å². The molecule has 0 aliphatic rings. The number of hydrogen-bond acceptors (Lipinski definition) is 4. The summed E-state index contributed by atoms with van der Waals surface area (Å²) in [4.78, 5) is 14.8. The van der Waals surface area contributed by atoms with Gasteiger partial charge in [0.15, 0.2) is 11.5 Å². The highest BCUT2D eigenvalue weighted by atomic mass is 16.6. The maximum Gasteiger partial charge on any atom is 0.214 e. The van der Waals surface area contributed by atoms with E-state index in [1.165, 1.54) is 0 Å². The van der Waals surface area contributed by atoms with Crippen molar-refractivity contribution in [3.05, 3.63) is 94.0 Å². The van der Waals surface area contributed by atoms with E-state index in [2.05, 4.69) is 4.98 Å². The van der Waals surface area contributed by atoms with Crippen molar-refractivity contribution in [3.8, 4) is 22.8 Å². The van der Waals surface area contributed by atoms with E-state index in [1.807, 2.05) is 72.8 Å². The fraction of sp³-hybridized carbons (Fsp3) is 0.167. The number of aromatic nitrogens is 1. The van der Waals surface area contributed by atoms with Gasteiger partial charge in [-0.1, -0.05) is 48.5 Å². The van der Waals surface area contributed by atoms with E-state index in [-0.39, 0.29) is 11.5 Å². The highest BCUT2D eigenvalue weighted by Crippen LogP contribution is 2.41. The summed E-state index contributed by atoms with van der Waals surface area (Å²) in [6, 6.07) is 23.2. The van der Waals surface area contributed by atoms with Crippen molar-refractivity contribution >= 4 is 10.9 Å². The largest absolute Gasteiger partial charge is 0.493 e. The van der Waals surface area contributed by atoms with Crippen LogP contribution in [0, 0.1) is 10.1 Å². The van der Waals surface area contributed by atoms with Crippen LogP contribution in [0.25, 0.3) is 22.2 Å². The number of para-hydroxylation sites is 1. The molecule has 1 N–H and O–H groups in total. The van der Waals surface area contributed by atoms with Crippen LogP contribution in [0.15, 0.2) is 72.8 Å². The number of rotatable bonds is 7. The fourth-order valence-corrected chi connectivity index (χ4v) is 3.94. The molecule has 0 aliphatic carbocycles. The number of aromatic amines is 1. The van der Waals surface area contributed by atoms with Crippen LogP contribution in [0.4, 0.5) is 0 Å². The van der Waals surface area contributed by atoms with Crippen LogP contribution in [0.5, 0.6) is 11.5 Å². The molecule has 4 aromatic rings. The number of nitrogens with zero attached hydrogens (tertiary/aromatic N) is 1. The van der Waals surface area contributed by atoms with Crippen molar-refractivity contribution in [1.82, 2.24) is 4.98 Å². The summed E-state index contributed by atoms with van der Waals surface area (Å²) >= 11 is 0. The van der Waals surface area contributed by atoms with Crippen molar-refractivity contribution in [2.24, 2.45) is 0 Å². The van der Waals surface area contributed by atoms with Gasteiger partial charge in [-0.2, -0.15) is 0 Å². The Bertz CT molecular complexity index is 1180. The summed E-state index contributed by atoms with van der Waals surface area (Å²) in [6.45, 7) is -0.202. The summed E-state index contributed by atoms with van der Waals surface area (Å²) in [5, 5.41) is 12.6. The van der Waals surface area contributed by atoms with Gasteiger partial charge < -0.3 is 14.5 Å². The predicted octanol–water partition coefficient (Wildman–Crippen LogP) is 5.26. The molecule has 0 bridgehead atoms. The Morgan fingerprint density at radius 1 is 0.933 bits per heavy atom. The first-order chi connectivity index (χ1) is 14.6. The first-order valence-electron chi connectivity index (χ1n) is 9.62. The molecule has 0 fully saturated rings. The molecule has 3 aromatic carbocycles. The standard InChI is InChI=1S/C24H22N2O4/c1-29-21-13-12-17(14-22(21)30-2)24-23(18-10-6-7-11-20(18)25-24)19(15-26(27)28)16-8-4-3-5-9-16/h3-14,19,25H,15H2,1-2H3. The second-order valence-corrected chi connectivity index (χ2v) is 7.01. The second-order valence-electron chi connectivity index (χ2n) is 7.01. The quantitative estimate of drug-likeness (QED) is 0.338. The Morgan fingerprint density at radius 2 is 1.63 bits per heavy atom. The minimum Gasteiger partial charge on any atom is -0.493 e. The number of ether oxygens (including phenoxy) is 2. The van der Waals surface area contributed by atoms with Crippen molar-refractivity contribution in [2.75, 3.05) is 20.8 Å². The number of methoxy groups -OCH3 is 2. The molecule has 0 saturated heterocycles. The normalized spacial score (nSPS) is 11.9. The third-order valence-corrected chi connectivity index (χ3v) is 5.30. The molecule has 30 heavy (non-hydrogen) atoms. The highest BCUT2D eigenvalue weighted by molar-refractivity contribution is 5.92. The molecular formula is C24H22N2O4. The maximum atomic E-state index is 11.6. The zero-order valence-electron chi connectivity index (χ0n) is 16.8. The molecule has 0 aliphatic heterocycles. The number of hydrogen-bond donors (Lipinski definition) is 1. The lowest BCUT2D eigenvalue weighted by Crippen LogP contribution is -2.14. The third kappa shape index (κ3) is 3.59. The van der Waals surface area contributed by atoms with Gasteiger partial charge >= 0.3 is 0 Å². The average molecular weight is 402 g/mol. The van der Waals surface area contributed by atoms with Gasteiger partial charge in [0.25, 0.3) is 0 Å². The molecule has 1 aromatic heterocycles. The van der Waals surface area contributed by atoms with Crippen LogP contribution >= 0.6 is 0 Å². The van der Waals surface area contributed by atoms with Gasteiger partial charge in [0.2, 0.25) is 6.54 Å². The van der Waals surface area contributed by atoms with Crippen molar-refractivity contribution in [1.29, 1.82) is 0 Å². The number of benzene rings is 3. The first kappa shape index (κ1) is 19.5. The Kier molecular flexibility index (Phi) is 5.39. The minimum absolute atomic E-state index is 0.202. The molecule has 0 radical (unpaired) electrons. The molecule has 6 heteroatoms. The van der Waals surface area contributed by atoms with E-state index in [1.54, 1.807) is 14.2 Å². The Morgan fingerprint density at radius 3 is 2.33 bits per heavy atom. The Labute approximate surface area is 174 Å². The lowest BCUT2D eigenvalue weighted by molar-refractivity contribution is -0.481. The minimum atomic E-state index is -0.402. The van der Waals surface area contributed by atoms with E-state index in [0.29, 0.717) is 11.5 Å². The number of nitro groups is 1. The molecule has 1 unspecified atom stereocenters. The summed E-state index contributed by atoms with van der Waals surface area (Å²) in [7, 11) is 3.18. The van der Waals surface area contributed by atoms with Crippen molar-refractivity contribution in [2.45, 2.75) is 5.92 Å². The van der Waals surface area contributed by atoms with Crippen LogP contribution < -0.4 is 9.47 Å². The first-order valence-corrected chi connectivity index (χ1v) is 9.62. The van der Waals surface area contributed by atoms with E-state index in [9.17, 15) is 10.1 Å². The molecule has 6 nitrogen and oxygen atoms in total. The van der Waals surface area contributed by atoms with Gasteiger partial charge in [-0.05, 0) is 35.4 Å². The summed E-state index contributed by atoms with van der Waals surface area (Å²) in [5.74, 6) is 0.828. The molecule has 4 rings (SSSR count). The zero-order valence-corrected chi connectivity index (χ0v) is 16.8. The van der Waals surface area contributed by atoms with Gasteiger partial charge in [0.1, 0.15) is 0 Å². The van der Waals surface area contributed by atoms with Crippen molar-refractivity contribution in [3.63, 3.8) is 0 Å². The van der Waals surface area contributed by atoms with Gasteiger partial charge in [0.05, 0.1) is 25.8 Å². The topological polar surface area (TPSA) is 77.4 Å². The van der Waals surface area contributed by atoms with E-state index >= 15 is 0 Å². The monoisotopic (exact) mass is 402 g/mol. The summed E-state index contributed by atoms with van der Waals surface area (Å²) < 4.78 is 10.8. The lowest BCUT2D eigenvalue weighted by Gasteiger charge is -2.16. The van der Waals surface area contributed by atoms with E-state index in [4.69, 9.17) is 9.47 Å². The van der Waals surface area contributed by atoms with Gasteiger partial charge in [-0.25, -0.2) is 0 Å². The molecule has 0 amide bonds. The molecule has 1 atom stereocenters. The van der Waals surface area contributed by atoms with Gasteiger partial charge in [0, 0.05) is 21.4 Å². The van der Waals surface area contributed by atoms with Crippen LogP contribution in [0.1, 0.15) is 17.0 Å². The molecular weight excluding hydrogens is 380 g/mol.